The number of guanidine groups is 1. The van der Waals surface area contributed by atoms with Gasteiger partial charge in [0.2, 0.25) is 10.0 Å². The van der Waals surface area contributed by atoms with Crippen molar-refractivity contribution in [1.82, 2.24) is 10.6 Å². The minimum Gasteiger partial charge on any atom is -0.352 e. The van der Waals surface area contributed by atoms with Gasteiger partial charge in [-0.1, -0.05) is 47.5 Å². The third-order valence-corrected chi connectivity index (χ3v) is 4.92. The van der Waals surface area contributed by atoms with Crippen molar-refractivity contribution in [2.75, 3.05) is 18.0 Å². The molecule has 0 saturated carbocycles. The first kappa shape index (κ1) is 21.3. The summed E-state index contributed by atoms with van der Waals surface area (Å²) in [6.07, 6.45) is 1.12. The molecule has 0 spiro atoms. The maximum Gasteiger partial charge on any atom is 0.229 e. The molecule has 2 rings (SSSR count). The second-order valence-electron chi connectivity index (χ2n) is 5.99. The van der Waals surface area contributed by atoms with Crippen LogP contribution in [0.2, 0.25) is 10.0 Å². The van der Waals surface area contributed by atoms with E-state index in [0.29, 0.717) is 28.2 Å². The predicted octanol–water partition coefficient (Wildman–Crippen LogP) is 3.79. The second kappa shape index (κ2) is 9.30. The molecule has 3 N–H and O–H groups in total. The fourth-order valence-corrected chi connectivity index (χ4v) is 3.65. The van der Waals surface area contributed by atoms with Crippen LogP contribution in [0.3, 0.4) is 0 Å². The topological polar surface area (TPSA) is 82.6 Å². The second-order valence-corrected chi connectivity index (χ2v) is 8.58. The molecule has 27 heavy (non-hydrogen) atoms. The highest BCUT2D eigenvalue weighted by molar-refractivity contribution is 7.92. The molecule has 0 aliphatic heterocycles. The van der Waals surface area contributed by atoms with Gasteiger partial charge in [0.15, 0.2) is 5.96 Å². The van der Waals surface area contributed by atoms with Crippen LogP contribution in [0.1, 0.15) is 24.1 Å². The van der Waals surface area contributed by atoms with Crippen molar-refractivity contribution in [1.29, 1.82) is 0 Å². The molecule has 0 aliphatic rings. The molecule has 0 bridgehead atoms. The third kappa shape index (κ3) is 6.61. The van der Waals surface area contributed by atoms with E-state index in [0.717, 1.165) is 17.4 Å². The number of sulfonamides is 1. The van der Waals surface area contributed by atoms with Gasteiger partial charge in [-0.15, -0.1) is 0 Å². The maximum absolute atomic E-state index is 11.5. The number of anilines is 1. The molecule has 146 valence electrons. The number of para-hydroxylation sites is 1. The highest BCUT2D eigenvalue weighted by Crippen LogP contribution is 2.26. The highest BCUT2D eigenvalue weighted by Gasteiger charge is 2.13. The van der Waals surface area contributed by atoms with Crippen LogP contribution in [0.25, 0.3) is 0 Å². The van der Waals surface area contributed by atoms with Crippen LogP contribution < -0.4 is 15.4 Å². The highest BCUT2D eigenvalue weighted by atomic mass is 35.5. The van der Waals surface area contributed by atoms with Gasteiger partial charge in [-0.3, -0.25) is 9.71 Å². The average Bonchev–Trinajstić information content (AvgIpc) is 2.58. The monoisotopic (exact) mass is 428 g/mol. The summed E-state index contributed by atoms with van der Waals surface area (Å²) in [7, 11) is -1.70. The number of benzene rings is 2. The molecule has 2 aromatic rings. The molecule has 0 amide bonds. The smallest absolute Gasteiger partial charge is 0.229 e. The Kier molecular flexibility index (Phi) is 7.35. The van der Waals surface area contributed by atoms with Crippen molar-refractivity contribution in [3.05, 3.63) is 63.6 Å². The van der Waals surface area contributed by atoms with Gasteiger partial charge in [0, 0.05) is 23.6 Å². The predicted molar refractivity (Wildman–Crippen MR) is 113 cm³/mol. The lowest BCUT2D eigenvalue weighted by Gasteiger charge is -2.20. The van der Waals surface area contributed by atoms with E-state index in [1.165, 1.54) is 0 Å². The first-order valence-electron chi connectivity index (χ1n) is 8.17. The van der Waals surface area contributed by atoms with Gasteiger partial charge in [-0.2, -0.15) is 0 Å². The van der Waals surface area contributed by atoms with E-state index in [1.54, 1.807) is 31.3 Å². The Morgan fingerprint density at radius 3 is 2.52 bits per heavy atom. The Morgan fingerprint density at radius 2 is 1.89 bits per heavy atom. The van der Waals surface area contributed by atoms with Crippen molar-refractivity contribution >= 4 is 44.9 Å². The zero-order chi connectivity index (χ0) is 20.0. The van der Waals surface area contributed by atoms with Crippen molar-refractivity contribution in [3.8, 4) is 0 Å². The Morgan fingerprint density at radius 1 is 1.19 bits per heavy atom. The molecular weight excluding hydrogens is 407 g/mol. The van der Waals surface area contributed by atoms with Gasteiger partial charge in [-0.25, -0.2) is 8.42 Å². The zero-order valence-electron chi connectivity index (χ0n) is 15.3. The van der Waals surface area contributed by atoms with Crippen LogP contribution in [0.4, 0.5) is 5.69 Å². The summed E-state index contributed by atoms with van der Waals surface area (Å²) in [4.78, 5) is 4.21. The summed E-state index contributed by atoms with van der Waals surface area (Å²) in [5.41, 5.74) is 2.21. The number of nitrogens with one attached hydrogen (secondary N) is 3. The van der Waals surface area contributed by atoms with Crippen molar-refractivity contribution in [3.63, 3.8) is 0 Å². The normalized spacial score (nSPS) is 13.1. The molecule has 2 aromatic carbocycles. The number of nitrogens with zero attached hydrogens (tertiary/aromatic N) is 1. The summed E-state index contributed by atoms with van der Waals surface area (Å²) in [6, 6.07) is 12.4. The molecular formula is C18H22Cl2N4O2S. The summed E-state index contributed by atoms with van der Waals surface area (Å²) in [6.45, 7) is 2.35. The molecule has 0 saturated heterocycles. The Hall–Kier alpha value is -1.96. The lowest BCUT2D eigenvalue weighted by atomic mass is 10.1. The van der Waals surface area contributed by atoms with Crippen LogP contribution in [0, 0.1) is 0 Å². The summed E-state index contributed by atoms with van der Waals surface area (Å²) in [5.74, 6) is 0.558. The van der Waals surface area contributed by atoms with Gasteiger partial charge in [0.25, 0.3) is 0 Å². The van der Waals surface area contributed by atoms with Crippen molar-refractivity contribution in [2.24, 2.45) is 4.99 Å². The molecule has 9 heteroatoms. The van der Waals surface area contributed by atoms with Crippen LogP contribution in [-0.4, -0.2) is 27.7 Å². The molecule has 0 aliphatic carbocycles. The number of hydrogen-bond donors (Lipinski definition) is 3. The molecule has 1 atom stereocenters. The number of rotatable bonds is 6. The molecule has 6 nitrogen and oxygen atoms in total. The Bertz CT molecular complexity index is 933. The van der Waals surface area contributed by atoms with Crippen molar-refractivity contribution < 1.29 is 8.42 Å². The van der Waals surface area contributed by atoms with Gasteiger partial charge in [0.1, 0.15) is 0 Å². The van der Waals surface area contributed by atoms with Crippen LogP contribution in [-0.2, 0) is 16.6 Å². The van der Waals surface area contributed by atoms with Crippen molar-refractivity contribution in [2.45, 2.75) is 19.5 Å². The van der Waals surface area contributed by atoms with Gasteiger partial charge >= 0.3 is 0 Å². The van der Waals surface area contributed by atoms with E-state index in [1.807, 2.05) is 25.1 Å². The SMILES string of the molecule is CN=C(NCc1ccccc1NS(C)(=O)=O)NC(C)c1ccc(Cl)cc1Cl. The van der Waals surface area contributed by atoms with Crippen LogP contribution >= 0.6 is 23.2 Å². The fraction of sp³-hybridized carbons (Fsp3) is 0.278. The summed E-state index contributed by atoms with van der Waals surface area (Å²) >= 11 is 12.2. The summed E-state index contributed by atoms with van der Waals surface area (Å²) < 4.78 is 25.5. The van der Waals surface area contributed by atoms with Gasteiger partial charge in [0.05, 0.1) is 18.0 Å². The average molecular weight is 429 g/mol. The summed E-state index contributed by atoms with van der Waals surface area (Å²) in [5, 5.41) is 7.58. The van der Waals surface area contributed by atoms with E-state index in [4.69, 9.17) is 23.2 Å². The fourth-order valence-electron chi connectivity index (χ4n) is 2.48. The Balaban J connectivity index is 2.06. The third-order valence-electron chi connectivity index (χ3n) is 3.76. The number of halogens is 2. The number of aliphatic imine (C=N–C) groups is 1. The standard InChI is InChI=1S/C18H22Cl2N4O2S/c1-12(15-9-8-14(19)10-16(15)20)23-18(21-2)22-11-13-6-4-5-7-17(13)24-27(3,25)26/h4-10,12,24H,11H2,1-3H3,(H2,21,22,23). The molecule has 1 unspecified atom stereocenters. The van der Waals surface area contributed by atoms with E-state index in [-0.39, 0.29) is 6.04 Å². The van der Waals surface area contributed by atoms with Gasteiger partial charge in [-0.05, 0) is 36.2 Å². The van der Waals surface area contributed by atoms with E-state index in [9.17, 15) is 8.42 Å². The lowest BCUT2D eigenvalue weighted by molar-refractivity contribution is 0.606. The zero-order valence-corrected chi connectivity index (χ0v) is 17.6. The first-order valence-corrected chi connectivity index (χ1v) is 10.8. The minimum absolute atomic E-state index is 0.106. The quantitative estimate of drug-likeness (QED) is 0.482. The molecule has 0 radical (unpaired) electrons. The van der Waals surface area contributed by atoms with Crippen LogP contribution in [0.5, 0.6) is 0 Å². The molecule has 0 heterocycles. The molecule has 0 aromatic heterocycles. The van der Waals surface area contributed by atoms with Crippen LogP contribution in [0.15, 0.2) is 47.5 Å². The van der Waals surface area contributed by atoms with Gasteiger partial charge < -0.3 is 10.6 Å². The van der Waals surface area contributed by atoms with E-state index < -0.39 is 10.0 Å². The maximum atomic E-state index is 11.5. The van der Waals surface area contributed by atoms with E-state index in [2.05, 4.69) is 20.3 Å². The first-order chi connectivity index (χ1) is 12.7. The molecule has 0 fully saturated rings. The van der Waals surface area contributed by atoms with E-state index >= 15 is 0 Å². The largest absolute Gasteiger partial charge is 0.352 e. The Labute approximate surface area is 170 Å². The minimum atomic E-state index is -3.36. The lowest BCUT2D eigenvalue weighted by Crippen LogP contribution is -2.38. The number of hydrogen-bond acceptors (Lipinski definition) is 3.